The number of fused-ring (bicyclic) bond motifs is 3. The van der Waals surface area contributed by atoms with Crippen molar-refractivity contribution in [2.24, 2.45) is 0 Å². The van der Waals surface area contributed by atoms with Gasteiger partial charge in [0.05, 0.1) is 0 Å². The lowest BCUT2D eigenvalue weighted by Crippen LogP contribution is -2.24. The number of hydrogen-bond acceptors (Lipinski definition) is 2. The van der Waals surface area contributed by atoms with Crippen molar-refractivity contribution in [1.29, 1.82) is 0 Å². The molecule has 1 heterocycles. The topological polar surface area (TPSA) is 3.24 Å². The third kappa shape index (κ3) is 5.08. The Labute approximate surface area is 269 Å². The fourth-order valence-corrected chi connectivity index (χ4v) is 7.79. The van der Waals surface area contributed by atoms with Crippen LogP contribution in [-0.2, 0) is 5.41 Å². The van der Waals surface area contributed by atoms with E-state index in [4.69, 9.17) is 0 Å². The Morgan fingerprint density at radius 1 is 0.578 bits per heavy atom. The van der Waals surface area contributed by atoms with Crippen molar-refractivity contribution >= 4 is 42.9 Å². The number of nitrogens with zero attached hydrogens (tertiary/aromatic N) is 1. The Bertz CT molecular complexity index is 2170. The van der Waals surface area contributed by atoms with Gasteiger partial charge in [-0.25, -0.2) is 0 Å². The first-order chi connectivity index (χ1) is 22.2. The number of anilines is 2. The fourth-order valence-electron chi connectivity index (χ4n) is 6.57. The molecule has 1 aromatic heterocycles. The molecule has 0 amide bonds. The van der Waals surface area contributed by atoms with Crippen LogP contribution in [0.5, 0.6) is 0 Å². The zero-order valence-electron chi connectivity index (χ0n) is 25.2. The standard InChI is InChI=1S/C43H33NS/c1-43(34-23-21-32(22-24-34)31-13-5-2-6-14-31)27-25-36(26-28-43)44(35-17-9-4-10-18-35)37-29-39(33-15-7-3-8-16-33)42-40(30-37)38-19-11-12-20-41(38)45-42/h2-27,29-30H,28H2,1H3. The molecule has 0 bridgehead atoms. The summed E-state index contributed by atoms with van der Waals surface area (Å²) >= 11 is 1.88. The molecule has 0 saturated heterocycles. The summed E-state index contributed by atoms with van der Waals surface area (Å²) < 4.78 is 2.65. The van der Waals surface area contributed by atoms with Gasteiger partial charge in [0.1, 0.15) is 0 Å². The Balaban J connectivity index is 1.22. The van der Waals surface area contributed by atoms with Gasteiger partial charge in [-0.1, -0.05) is 140 Å². The van der Waals surface area contributed by atoms with Gasteiger partial charge >= 0.3 is 0 Å². The second-order valence-electron chi connectivity index (χ2n) is 12.0. The van der Waals surface area contributed by atoms with Crippen LogP contribution >= 0.6 is 11.3 Å². The molecule has 6 aromatic carbocycles. The van der Waals surface area contributed by atoms with Crippen LogP contribution in [0.4, 0.5) is 11.4 Å². The minimum absolute atomic E-state index is 0.0796. The molecule has 1 unspecified atom stereocenters. The largest absolute Gasteiger partial charge is 0.311 e. The normalized spacial score (nSPS) is 16.2. The lowest BCUT2D eigenvalue weighted by atomic mass is 9.76. The minimum atomic E-state index is -0.0796. The first kappa shape index (κ1) is 27.4. The highest BCUT2D eigenvalue weighted by Gasteiger charge is 2.27. The fraction of sp³-hybridized carbons (Fsp3) is 0.0698. The zero-order chi connectivity index (χ0) is 30.2. The van der Waals surface area contributed by atoms with Crippen molar-refractivity contribution < 1.29 is 0 Å². The van der Waals surface area contributed by atoms with Gasteiger partial charge in [0.25, 0.3) is 0 Å². The maximum atomic E-state index is 2.42. The molecule has 0 N–H and O–H groups in total. The van der Waals surface area contributed by atoms with Gasteiger partial charge in [-0.05, 0) is 65.1 Å². The van der Waals surface area contributed by atoms with Gasteiger partial charge < -0.3 is 4.90 Å². The third-order valence-corrected chi connectivity index (χ3v) is 10.3. The van der Waals surface area contributed by atoms with Crippen molar-refractivity contribution in [2.45, 2.75) is 18.8 Å². The zero-order valence-corrected chi connectivity index (χ0v) is 26.0. The Kier molecular flexibility index (Phi) is 6.93. The summed E-state index contributed by atoms with van der Waals surface area (Å²) in [7, 11) is 0. The van der Waals surface area contributed by atoms with Crippen molar-refractivity contribution in [3.05, 3.63) is 181 Å². The van der Waals surface area contributed by atoms with Gasteiger partial charge in [0.15, 0.2) is 0 Å². The summed E-state index contributed by atoms with van der Waals surface area (Å²) in [5, 5.41) is 2.61. The smallest absolute Gasteiger partial charge is 0.0474 e. The third-order valence-electron chi connectivity index (χ3n) is 9.09. The average Bonchev–Trinajstić information content (AvgIpc) is 3.49. The molecule has 2 heteroatoms. The van der Waals surface area contributed by atoms with E-state index in [0.29, 0.717) is 0 Å². The van der Waals surface area contributed by atoms with E-state index in [0.717, 1.165) is 12.1 Å². The number of allylic oxidation sites excluding steroid dienone is 3. The quantitative estimate of drug-likeness (QED) is 0.185. The number of thiophene rings is 1. The van der Waals surface area contributed by atoms with Gasteiger partial charge in [0, 0.05) is 48.2 Å². The van der Waals surface area contributed by atoms with Crippen LogP contribution in [0.25, 0.3) is 42.4 Å². The lowest BCUT2D eigenvalue weighted by molar-refractivity contribution is 0.595. The van der Waals surface area contributed by atoms with Crippen LogP contribution in [-0.4, -0.2) is 0 Å². The molecule has 7 aromatic rings. The van der Waals surface area contributed by atoms with E-state index in [9.17, 15) is 0 Å². The molecular formula is C43H33NS. The van der Waals surface area contributed by atoms with Crippen molar-refractivity contribution in [2.75, 3.05) is 4.90 Å². The van der Waals surface area contributed by atoms with Crippen LogP contribution < -0.4 is 4.90 Å². The first-order valence-corrected chi connectivity index (χ1v) is 16.4. The van der Waals surface area contributed by atoms with Crippen molar-refractivity contribution in [1.82, 2.24) is 0 Å². The van der Waals surface area contributed by atoms with Crippen LogP contribution in [0.15, 0.2) is 176 Å². The summed E-state index contributed by atoms with van der Waals surface area (Å²) in [6.45, 7) is 2.35. The number of rotatable bonds is 6. The summed E-state index contributed by atoms with van der Waals surface area (Å²) in [6.07, 6.45) is 8.05. The maximum Gasteiger partial charge on any atom is 0.0474 e. The molecule has 0 aliphatic heterocycles. The van der Waals surface area contributed by atoms with E-state index < -0.39 is 0 Å². The van der Waals surface area contributed by atoms with Crippen molar-refractivity contribution in [3.63, 3.8) is 0 Å². The predicted octanol–water partition coefficient (Wildman–Crippen LogP) is 12.3. The van der Waals surface area contributed by atoms with Gasteiger partial charge in [0.2, 0.25) is 0 Å². The van der Waals surface area contributed by atoms with Crippen LogP contribution in [0.3, 0.4) is 0 Å². The number of hydrogen-bond donors (Lipinski definition) is 0. The molecule has 216 valence electrons. The van der Waals surface area contributed by atoms with Gasteiger partial charge in [-0.15, -0.1) is 11.3 Å². The SMILES string of the molecule is CC1(c2ccc(-c3ccccc3)cc2)C=CC(N(c2ccccc2)c2cc(-c3ccccc3)c3sc4ccccc4c3c2)=CC1. The average molecular weight is 596 g/mol. The van der Waals surface area contributed by atoms with Crippen molar-refractivity contribution in [3.8, 4) is 22.3 Å². The van der Waals surface area contributed by atoms with E-state index in [1.165, 1.54) is 59.4 Å². The summed E-state index contributed by atoms with van der Waals surface area (Å²) in [6, 6.07) is 54.8. The van der Waals surface area contributed by atoms with E-state index in [2.05, 4.69) is 182 Å². The minimum Gasteiger partial charge on any atom is -0.311 e. The van der Waals surface area contributed by atoms with E-state index in [1.54, 1.807) is 0 Å². The second-order valence-corrected chi connectivity index (χ2v) is 13.1. The predicted molar refractivity (Wildman–Crippen MR) is 194 cm³/mol. The molecule has 1 atom stereocenters. The molecule has 1 aliphatic rings. The highest BCUT2D eigenvalue weighted by atomic mass is 32.1. The molecule has 45 heavy (non-hydrogen) atoms. The molecule has 1 aliphatic carbocycles. The van der Waals surface area contributed by atoms with Crippen LogP contribution in [0.1, 0.15) is 18.9 Å². The maximum absolute atomic E-state index is 2.42. The molecule has 0 spiro atoms. The molecular weight excluding hydrogens is 563 g/mol. The summed E-state index contributed by atoms with van der Waals surface area (Å²) in [5.74, 6) is 0. The van der Waals surface area contributed by atoms with Crippen LogP contribution in [0, 0.1) is 0 Å². The summed E-state index contributed by atoms with van der Waals surface area (Å²) in [5.41, 5.74) is 9.78. The second kappa shape index (κ2) is 11.4. The molecule has 0 saturated carbocycles. The molecule has 0 radical (unpaired) electrons. The Hall–Kier alpha value is -5.18. The number of para-hydroxylation sites is 1. The van der Waals surface area contributed by atoms with E-state index >= 15 is 0 Å². The molecule has 8 rings (SSSR count). The molecule has 0 fully saturated rings. The van der Waals surface area contributed by atoms with Crippen LogP contribution in [0.2, 0.25) is 0 Å². The number of benzene rings is 6. The van der Waals surface area contributed by atoms with Gasteiger partial charge in [-0.3, -0.25) is 0 Å². The Morgan fingerprint density at radius 3 is 1.89 bits per heavy atom. The first-order valence-electron chi connectivity index (χ1n) is 15.6. The monoisotopic (exact) mass is 595 g/mol. The van der Waals surface area contributed by atoms with E-state index in [1.807, 2.05) is 11.3 Å². The Morgan fingerprint density at radius 2 is 1.20 bits per heavy atom. The summed E-state index contributed by atoms with van der Waals surface area (Å²) in [4.78, 5) is 2.42. The molecule has 1 nitrogen and oxygen atoms in total. The lowest BCUT2D eigenvalue weighted by Gasteiger charge is -2.33. The van der Waals surface area contributed by atoms with Gasteiger partial charge in [-0.2, -0.15) is 0 Å². The van der Waals surface area contributed by atoms with E-state index in [-0.39, 0.29) is 5.41 Å². The highest BCUT2D eigenvalue weighted by molar-refractivity contribution is 7.26. The highest BCUT2D eigenvalue weighted by Crippen LogP contribution is 2.45.